The van der Waals surface area contributed by atoms with Crippen LogP contribution in [0, 0.1) is 12.8 Å². The third kappa shape index (κ3) is 8.98. The third-order valence-electron chi connectivity index (χ3n) is 9.09. The predicted octanol–water partition coefficient (Wildman–Crippen LogP) is 2.14. The molecule has 18 heteroatoms. The zero-order valence-corrected chi connectivity index (χ0v) is 30.2. The van der Waals surface area contributed by atoms with Crippen LogP contribution in [0.4, 0.5) is 22.2 Å². The Kier molecular flexibility index (Phi) is 11.9. The average Bonchev–Trinajstić information content (AvgIpc) is 3.61. The van der Waals surface area contributed by atoms with E-state index in [-0.39, 0.29) is 67.0 Å². The first-order valence-corrected chi connectivity index (χ1v) is 18.6. The number of ether oxygens (including phenoxy) is 1. The molecule has 2 aliphatic rings. The Labute approximate surface area is 296 Å². The van der Waals surface area contributed by atoms with Crippen LogP contribution in [0.2, 0.25) is 0 Å². The molecule has 17 nitrogen and oxygen atoms in total. The number of rotatable bonds is 13. The van der Waals surface area contributed by atoms with Crippen LogP contribution in [0.1, 0.15) is 74.8 Å². The number of aryl methyl sites for hydroxylation is 1. The molecule has 2 fully saturated rings. The van der Waals surface area contributed by atoms with Crippen LogP contribution in [0.3, 0.4) is 0 Å². The maximum atomic E-state index is 13.5. The molecule has 1 saturated carbocycles. The second-order valence-corrected chi connectivity index (χ2v) is 15.0. The number of Topliss-reactive ketones (excluding diaryl/α,β-unsaturated/α-hetero) is 1. The second-order valence-electron chi connectivity index (χ2n) is 13.3. The van der Waals surface area contributed by atoms with Crippen molar-refractivity contribution >= 4 is 56.5 Å². The molecule has 276 valence electrons. The van der Waals surface area contributed by atoms with Crippen molar-refractivity contribution in [3.63, 3.8) is 0 Å². The predicted molar refractivity (Wildman–Crippen MR) is 191 cm³/mol. The van der Waals surface area contributed by atoms with Crippen molar-refractivity contribution in [2.24, 2.45) is 11.7 Å². The van der Waals surface area contributed by atoms with Gasteiger partial charge in [0.15, 0.2) is 5.78 Å². The van der Waals surface area contributed by atoms with Crippen molar-refractivity contribution in [3.8, 4) is 0 Å². The fourth-order valence-electron chi connectivity index (χ4n) is 6.52. The van der Waals surface area contributed by atoms with Crippen LogP contribution in [-0.4, -0.2) is 95.4 Å². The van der Waals surface area contributed by atoms with Crippen molar-refractivity contribution in [1.29, 1.82) is 0 Å². The number of amides is 2. The number of fused-ring (bicyclic) bond motifs is 1. The van der Waals surface area contributed by atoms with Crippen molar-refractivity contribution in [2.45, 2.75) is 71.9 Å². The van der Waals surface area contributed by atoms with E-state index in [1.807, 2.05) is 29.5 Å². The van der Waals surface area contributed by atoms with E-state index >= 15 is 0 Å². The number of carbonyl (C=O) groups is 3. The molecule has 4 heterocycles. The Bertz CT molecular complexity index is 1920. The number of nitrogens with two attached hydrogens (primary N) is 1. The first-order chi connectivity index (χ1) is 24.2. The van der Waals surface area contributed by atoms with E-state index in [4.69, 9.17) is 15.5 Å². The van der Waals surface area contributed by atoms with E-state index in [0.717, 1.165) is 35.7 Å². The molecule has 5 rings (SSSR count). The van der Waals surface area contributed by atoms with Crippen LogP contribution in [0.15, 0.2) is 29.3 Å². The summed E-state index contributed by atoms with van der Waals surface area (Å²) < 4.78 is 35.2. The molecule has 1 aliphatic carbocycles. The Balaban J connectivity index is 1.15. The van der Waals surface area contributed by atoms with E-state index in [1.54, 1.807) is 30.0 Å². The van der Waals surface area contributed by atoms with E-state index in [1.165, 1.54) is 6.92 Å². The van der Waals surface area contributed by atoms with Gasteiger partial charge in [0.1, 0.15) is 18.1 Å². The molecule has 51 heavy (non-hydrogen) atoms. The fourth-order valence-corrected chi connectivity index (χ4v) is 7.56. The van der Waals surface area contributed by atoms with E-state index < -0.39 is 22.3 Å². The Morgan fingerprint density at radius 2 is 1.76 bits per heavy atom. The summed E-state index contributed by atoms with van der Waals surface area (Å²) >= 11 is 0. The first-order valence-electron chi connectivity index (χ1n) is 17.1. The van der Waals surface area contributed by atoms with Gasteiger partial charge in [0, 0.05) is 43.8 Å². The molecule has 1 aliphatic heterocycles. The zero-order valence-electron chi connectivity index (χ0n) is 29.3. The average molecular weight is 727 g/mol. The number of aromatic nitrogens is 4. The topological polar surface area (TPSA) is 224 Å². The van der Waals surface area contributed by atoms with Crippen molar-refractivity contribution < 1.29 is 27.5 Å². The minimum absolute atomic E-state index is 0.000233. The van der Waals surface area contributed by atoms with Gasteiger partial charge in [-0.15, -0.1) is 0 Å². The fraction of sp³-hybridized carbons (Fsp3) is 0.545. The van der Waals surface area contributed by atoms with Gasteiger partial charge >= 0.3 is 16.3 Å². The Morgan fingerprint density at radius 1 is 1.06 bits per heavy atom. The number of ketones is 1. The van der Waals surface area contributed by atoms with Crippen molar-refractivity contribution in [3.05, 3.63) is 46.0 Å². The van der Waals surface area contributed by atoms with Gasteiger partial charge in [-0.05, 0) is 56.7 Å². The summed E-state index contributed by atoms with van der Waals surface area (Å²) in [4.78, 5) is 65.6. The van der Waals surface area contributed by atoms with Gasteiger partial charge in [-0.3, -0.25) is 19.0 Å². The minimum atomic E-state index is -4.15. The standard InChI is InChI=1S/C33H46N10O7S/c1-20(2)17-26(34)30(45)35-11-16-50-33(47)40-51(48,49)42-14-12-41(13-15-42)24-9-10-27(36-18-24)38-32-37-19-25-21(3)28(22(4)44)31(46)43(29(25)39-32)23-7-5-6-8-23/h9-10,18-20,23,26H,5-8,11-17,34H2,1-4H3,(H,35,45)(H,40,47)(H,36,37,38,39)/t26-/m0/s1. The molecule has 2 amide bonds. The molecule has 1 saturated heterocycles. The molecule has 5 N–H and O–H groups in total. The lowest BCUT2D eigenvalue weighted by atomic mass is 10.0. The lowest BCUT2D eigenvalue weighted by Crippen LogP contribution is -2.53. The van der Waals surface area contributed by atoms with E-state index in [2.05, 4.69) is 20.6 Å². The number of hydrogen-bond acceptors (Lipinski definition) is 13. The zero-order chi connectivity index (χ0) is 36.9. The van der Waals surface area contributed by atoms with Crippen LogP contribution < -0.4 is 31.5 Å². The maximum Gasteiger partial charge on any atom is 0.421 e. The Morgan fingerprint density at radius 3 is 2.39 bits per heavy atom. The third-order valence-corrected chi connectivity index (χ3v) is 10.6. The SMILES string of the molecule is CC(=O)c1c(C)c2cnc(Nc3ccc(N4CCN(S(=O)(=O)NC(=O)OCCNC(=O)[C@@H](N)CC(C)C)CC4)cn3)nc2n(C2CCCC2)c1=O. The molecule has 0 radical (unpaired) electrons. The van der Waals surface area contributed by atoms with Gasteiger partial charge in [-0.25, -0.2) is 19.5 Å². The number of anilines is 3. The van der Waals surface area contributed by atoms with Gasteiger partial charge in [0.05, 0.1) is 30.0 Å². The normalized spacial score (nSPS) is 16.3. The molecule has 0 bridgehead atoms. The highest BCUT2D eigenvalue weighted by Crippen LogP contribution is 2.32. The molecule has 3 aromatic rings. The first kappa shape index (κ1) is 37.6. The summed E-state index contributed by atoms with van der Waals surface area (Å²) in [6.45, 7) is 7.75. The highest BCUT2D eigenvalue weighted by Gasteiger charge is 2.30. The number of carbonyl (C=O) groups excluding carboxylic acids is 3. The lowest BCUT2D eigenvalue weighted by Gasteiger charge is -2.34. The number of nitrogens with one attached hydrogen (secondary N) is 3. The highest BCUT2D eigenvalue weighted by molar-refractivity contribution is 7.87. The summed E-state index contributed by atoms with van der Waals surface area (Å²) in [6.07, 6.45) is 6.33. The maximum absolute atomic E-state index is 13.5. The van der Waals surface area contributed by atoms with Gasteiger partial charge in [0.25, 0.3) is 5.56 Å². The summed E-state index contributed by atoms with van der Waals surface area (Å²) in [5, 5.41) is 6.31. The monoisotopic (exact) mass is 726 g/mol. The second kappa shape index (κ2) is 16.1. The van der Waals surface area contributed by atoms with Crippen LogP contribution in [0.5, 0.6) is 0 Å². The largest absolute Gasteiger partial charge is 0.447 e. The summed E-state index contributed by atoms with van der Waals surface area (Å²) in [7, 11) is -4.15. The molecule has 0 unspecified atom stereocenters. The minimum Gasteiger partial charge on any atom is -0.447 e. The van der Waals surface area contributed by atoms with Crippen LogP contribution >= 0.6 is 0 Å². The number of hydrogen-bond donors (Lipinski definition) is 4. The van der Waals surface area contributed by atoms with Crippen LogP contribution in [0.25, 0.3) is 11.0 Å². The summed E-state index contributed by atoms with van der Waals surface area (Å²) in [5.74, 6) is 0.316. The van der Waals surface area contributed by atoms with Crippen LogP contribution in [-0.2, 0) is 19.7 Å². The molecule has 0 aromatic carbocycles. The van der Waals surface area contributed by atoms with Gasteiger partial charge in [-0.1, -0.05) is 26.7 Å². The molecular weight excluding hydrogens is 680 g/mol. The molecule has 0 spiro atoms. The Hall–Kier alpha value is -4.68. The molecule has 3 aromatic heterocycles. The molecule has 1 atom stereocenters. The smallest absolute Gasteiger partial charge is 0.421 e. The number of pyridine rings is 2. The summed E-state index contributed by atoms with van der Waals surface area (Å²) in [5.41, 5.74) is 7.47. The lowest BCUT2D eigenvalue weighted by molar-refractivity contribution is -0.122. The van der Waals surface area contributed by atoms with E-state index in [0.29, 0.717) is 41.9 Å². The summed E-state index contributed by atoms with van der Waals surface area (Å²) in [6, 6.07) is 2.87. The highest BCUT2D eigenvalue weighted by atomic mass is 32.2. The van der Waals surface area contributed by atoms with Gasteiger partial charge < -0.3 is 26.0 Å². The number of nitrogens with zero attached hydrogens (tertiary/aromatic N) is 6. The van der Waals surface area contributed by atoms with Gasteiger partial charge in [0.2, 0.25) is 11.9 Å². The van der Waals surface area contributed by atoms with Gasteiger partial charge in [-0.2, -0.15) is 17.7 Å². The molecular formula is C33H46N10O7S. The van der Waals surface area contributed by atoms with E-state index in [9.17, 15) is 27.6 Å². The quantitative estimate of drug-likeness (QED) is 0.147. The number of piperazine rings is 1. The van der Waals surface area contributed by atoms with Crippen molar-refractivity contribution in [2.75, 3.05) is 49.5 Å². The van der Waals surface area contributed by atoms with Crippen molar-refractivity contribution in [1.82, 2.24) is 33.9 Å².